The summed E-state index contributed by atoms with van der Waals surface area (Å²) in [6, 6.07) is 8.61. The zero-order valence-corrected chi connectivity index (χ0v) is 18.1. The second-order valence-electron chi connectivity index (χ2n) is 6.72. The van der Waals surface area contributed by atoms with Gasteiger partial charge in [0.15, 0.2) is 11.5 Å². The van der Waals surface area contributed by atoms with Crippen LogP contribution in [0.2, 0.25) is 0 Å². The summed E-state index contributed by atoms with van der Waals surface area (Å²) < 4.78 is 25.8. The van der Waals surface area contributed by atoms with Crippen LogP contribution in [0, 0.1) is 25.2 Å². The minimum Gasteiger partial charge on any atom is -0.432 e. The van der Waals surface area contributed by atoms with Crippen LogP contribution in [0.4, 0.5) is 9.59 Å². The predicted molar refractivity (Wildman–Crippen MR) is 110 cm³/mol. The van der Waals surface area contributed by atoms with Crippen LogP contribution >= 0.6 is 0 Å². The SMILES string of the molecule is COCCOC(=O)Oc1c(C)nc(C)c(OC(=O)OC(C)C)c1-c1cccc(C#N)c1. The first kappa shape index (κ1) is 23.6. The van der Waals surface area contributed by atoms with Gasteiger partial charge >= 0.3 is 12.3 Å². The molecule has 164 valence electrons. The maximum atomic E-state index is 12.2. The van der Waals surface area contributed by atoms with Crippen molar-refractivity contribution in [1.82, 2.24) is 4.98 Å². The number of nitrogens with zero attached hydrogens (tertiary/aromatic N) is 2. The lowest BCUT2D eigenvalue weighted by atomic mass is 10.00. The predicted octanol–water partition coefficient (Wildman–Crippen LogP) is 4.32. The van der Waals surface area contributed by atoms with Gasteiger partial charge in [0.05, 0.1) is 41.3 Å². The lowest BCUT2D eigenvalue weighted by Crippen LogP contribution is -2.18. The number of aromatic nitrogens is 1. The Hall–Kier alpha value is -3.64. The Morgan fingerprint density at radius 1 is 1.06 bits per heavy atom. The highest BCUT2D eigenvalue weighted by Crippen LogP contribution is 2.42. The normalized spacial score (nSPS) is 10.4. The molecule has 1 heterocycles. The number of pyridine rings is 1. The fourth-order valence-electron chi connectivity index (χ4n) is 2.70. The molecule has 2 rings (SSSR count). The molecular formula is C22H24N2O7. The molecule has 0 saturated heterocycles. The Labute approximate surface area is 180 Å². The molecule has 0 fully saturated rings. The summed E-state index contributed by atoms with van der Waals surface area (Å²) in [7, 11) is 1.48. The van der Waals surface area contributed by atoms with Gasteiger partial charge in [-0.05, 0) is 45.4 Å². The molecule has 1 aromatic heterocycles. The maximum Gasteiger partial charge on any atom is 0.514 e. The number of carbonyl (C=O) groups is 2. The quantitative estimate of drug-likeness (QED) is 0.469. The minimum absolute atomic E-state index is 0.00298. The van der Waals surface area contributed by atoms with Gasteiger partial charge in [-0.25, -0.2) is 9.59 Å². The lowest BCUT2D eigenvalue weighted by Gasteiger charge is -2.18. The number of hydrogen-bond donors (Lipinski definition) is 0. The average molecular weight is 428 g/mol. The van der Waals surface area contributed by atoms with Crippen molar-refractivity contribution in [2.75, 3.05) is 20.3 Å². The Balaban J connectivity index is 2.59. The number of methoxy groups -OCH3 is 1. The third kappa shape index (κ3) is 6.42. The van der Waals surface area contributed by atoms with Crippen molar-refractivity contribution in [1.29, 1.82) is 5.26 Å². The third-order valence-electron chi connectivity index (χ3n) is 3.94. The van der Waals surface area contributed by atoms with Crippen LogP contribution in [0.3, 0.4) is 0 Å². The van der Waals surface area contributed by atoms with E-state index in [2.05, 4.69) is 11.1 Å². The van der Waals surface area contributed by atoms with E-state index in [1.54, 1.807) is 52.0 Å². The van der Waals surface area contributed by atoms with Gasteiger partial charge in [0, 0.05) is 7.11 Å². The van der Waals surface area contributed by atoms with Crippen molar-refractivity contribution in [3.05, 3.63) is 41.2 Å². The Morgan fingerprint density at radius 2 is 1.71 bits per heavy atom. The highest BCUT2D eigenvalue weighted by molar-refractivity contribution is 5.83. The van der Waals surface area contributed by atoms with Gasteiger partial charge in [-0.3, -0.25) is 4.98 Å². The van der Waals surface area contributed by atoms with Gasteiger partial charge in [-0.15, -0.1) is 0 Å². The van der Waals surface area contributed by atoms with E-state index in [0.29, 0.717) is 22.5 Å². The molecule has 31 heavy (non-hydrogen) atoms. The standard InChI is InChI=1S/C22H24N2O7/c1-13(2)29-22(26)31-20-15(4)24-14(3)19(30-21(25)28-10-9-27-5)18(20)17-8-6-7-16(11-17)12-23/h6-8,11,13H,9-10H2,1-5H3. The molecule has 0 aliphatic carbocycles. The first-order chi connectivity index (χ1) is 14.8. The number of ether oxygens (including phenoxy) is 5. The second-order valence-corrected chi connectivity index (χ2v) is 6.72. The first-order valence-corrected chi connectivity index (χ1v) is 9.50. The van der Waals surface area contributed by atoms with Gasteiger partial charge in [-0.1, -0.05) is 12.1 Å². The molecule has 0 aliphatic rings. The summed E-state index contributed by atoms with van der Waals surface area (Å²) in [5.74, 6) is 0.0847. The van der Waals surface area contributed by atoms with E-state index in [0.717, 1.165) is 0 Å². The second kappa shape index (κ2) is 10.9. The van der Waals surface area contributed by atoms with E-state index in [1.807, 2.05) is 0 Å². The van der Waals surface area contributed by atoms with Gasteiger partial charge in [0.1, 0.15) is 6.61 Å². The van der Waals surface area contributed by atoms with Crippen molar-refractivity contribution in [2.45, 2.75) is 33.8 Å². The number of rotatable bonds is 7. The summed E-state index contributed by atoms with van der Waals surface area (Å²) in [5.41, 5.74) is 1.86. The van der Waals surface area contributed by atoms with E-state index in [4.69, 9.17) is 23.7 Å². The van der Waals surface area contributed by atoms with Crippen LogP contribution in [-0.2, 0) is 14.2 Å². The molecule has 0 spiro atoms. The molecule has 0 saturated carbocycles. The zero-order valence-electron chi connectivity index (χ0n) is 18.1. The third-order valence-corrected chi connectivity index (χ3v) is 3.94. The molecule has 0 radical (unpaired) electrons. The first-order valence-electron chi connectivity index (χ1n) is 9.50. The van der Waals surface area contributed by atoms with E-state index < -0.39 is 18.4 Å². The van der Waals surface area contributed by atoms with Crippen LogP contribution in [0.15, 0.2) is 24.3 Å². The summed E-state index contributed by atoms with van der Waals surface area (Å²) in [6.07, 6.45) is -2.31. The van der Waals surface area contributed by atoms with Crippen molar-refractivity contribution in [2.24, 2.45) is 0 Å². The lowest BCUT2D eigenvalue weighted by molar-refractivity contribution is 0.0681. The van der Waals surface area contributed by atoms with Gasteiger partial charge in [0.2, 0.25) is 0 Å². The monoisotopic (exact) mass is 428 g/mol. The number of carbonyl (C=O) groups excluding carboxylic acids is 2. The van der Waals surface area contributed by atoms with Crippen LogP contribution in [0.25, 0.3) is 11.1 Å². The molecular weight excluding hydrogens is 404 g/mol. The largest absolute Gasteiger partial charge is 0.514 e. The van der Waals surface area contributed by atoms with E-state index in [-0.39, 0.29) is 30.3 Å². The number of aryl methyl sites for hydroxylation is 2. The number of hydrogen-bond acceptors (Lipinski definition) is 9. The van der Waals surface area contributed by atoms with E-state index in [1.165, 1.54) is 7.11 Å². The van der Waals surface area contributed by atoms with Crippen LogP contribution in [-0.4, -0.2) is 43.7 Å². The minimum atomic E-state index is -0.973. The molecule has 0 unspecified atom stereocenters. The molecule has 0 bridgehead atoms. The molecule has 0 atom stereocenters. The molecule has 9 heteroatoms. The summed E-state index contributed by atoms with van der Waals surface area (Å²) in [5, 5.41) is 9.28. The van der Waals surface area contributed by atoms with Crippen molar-refractivity contribution >= 4 is 12.3 Å². The van der Waals surface area contributed by atoms with Crippen LogP contribution < -0.4 is 9.47 Å². The maximum absolute atomic E-state index is 12.2. The Kier molecular flexibility index (Phi) is 8.34. The molecule has 1 aromatic carbocycles. The van der Waals surface area contributed by atoms with Gasteiger partial charge < -0.3 is 23.7 Å². The van der Waals surface area contributed by atoms with E-state index in [9.17, 15) is 14.9 Å². The van der Waals surface area contributed by atoms with Crippen LogP contribution in [0.1, 0.15) is 30.8 Å². The van der Waals surface area contributed by atoms with Crippen molar-refractivity contribution in [3.63, 3.8) is 0 Å². The van der Waals surface area contributed by atoms with Gasteiger partial charge in [0.25, 0.3) is 0 Å². The number of benzene rings is 1. The fourth-order valence-corrected chi connectivity index (χ4v) is 2.70. The smallest absolute Gasteiger partial charge is 0.432 e. The Morgan fingerprint density at radius 3 is 2.29 bits per heavy atom. The summed E-state index contributed by atoms with van der Waals surface area (Å²) in [6.45, 7) is 6.85. The number of nitriles is 1. The Bertz CT molecular complexity index is 996. The molecule has 2 aromatic rings. The van der Waals surface area contributed by atoms with Crippen LogP contribution in [0.5, 0.6) is 11.5 Å². The zero-order chi connectivity index (χ0) is 23.0. The molecule has 0 aliphatic heterocycles. The van der Waals surface area contributed by atoms with Crippen molar-refractivity contribution in [3.8, 4) is 28.7 Å². The van der Waals surface area contributed by atoms with Gasteiger partial charge in [-0.2, -0.15) is 5.26 Å². The fraction of sp³-hybridized carbons (Fsp3) is 0.364. The average Bonchev–Trinajstić information content (AvgIpc) is 2.71. The summed E-state index contributed by atoms with van der Waals surface area (Å²) >= 11 is 0. The molecule has 0 amide bonds. The molecule has 0 N–H and O–H groups in total. The topological polar surface area (TPSA) is 117 Å². The van der Waals surface area contributed by atoms with Crippen molar-refractivity contribution < 1.29 is 33.3 Å². The van der Waals surface area contributed by atoms with E-state index >= 15 is 0 Å². The highest BCUT2D eigenvalue weighted by atomic mass is 16.7. The summed E-state index contributed by atoms with van der Waals surface area (Å²) in [4.78, 5) is 28.7. The molecule has 9 nitrogen and oxygen atoms in total. The highest BCUT2D eigenvalue weighted by Gasteiger charge is 2.25.